The predicted molar refractivity (Wildman–Crippen MR) is 80.1 cm³/mol. The highest BCUT2D eigenvalue weighted by Crippen LogP contribution is 2.29. The summed E-state index contributed by atoms with van der Waals surface area (Å²) < 4.78 is 5.62. The van der Waals surface area contributed by atoms with E-state index in [4.69, 9.17) is 4.42 Å². The lowest BCUT2D eigenvalue weighted by Gasteiger charge is -2.00. The van der Waals surface area contributed by atoms with E-state index in [0.29, 0.717) is 17.2 Å². The van der Waals surface area contributed by atoms with E-state index >= 15 is 0 Å². The fourth-order valence-electron chi connectivity index (χ4n) is 2.06. The largest absolute Gasteiger partial charge is 0.440 e. The normalized spacial score (nSPS) is 10.7. The zero-order valence-corrected chi connectivity index (χ0v) is 12.0. The molecule has 2 rings (SSSR count). The molecule has 0 radical (unpaired) electrons. The number of benzene rings is 1. The molecule has 112 valence electrons. The van der Waals surface area contributed by atoms with Crippen molar-refractivity contribution in [2.24, 2.45) is 0 Å². The van der Waals surface area contributed by atoms with Gasteiger partial charge in [0, 0.05) is 12.5 Å². The minimum atomic E-state index is -0.411. The van der Waals surface area contributed by atoms with E-state index < -0.39 is 4.92 Å². The van der Waals surface area contributed by atoms with Gasteiger partial charge in [0.25, 0.3) is 5.69 Å². The molecule has 0 spiro atoms. The summed E-state index contributed by atoms with van der Waals surface area (Å²) in [7, 11) is 0. The standard InChI is InChI=1S/C15H19N3O3/c1-2-9-16-10-5-8-15-17-11-14(21-15)12-6-3-4-7-13(12)18(19)20/h3-4,6-7,11,16H,2,5,8-10H2,1H3. The molecule has 0 aliphatic rings. The van der Waals surface area contributed by atoms with E-state index in [-0.39, 0.29) is 5.69 Å². The first-order valence-corrected chi connectivity index (χ1v) is 7.11. The van der Waals surface area contributed by atoms with Crippen molar-refractivity contribution in [3.63, 3.8) is 0 Å². The third-order valence-corrected chi connectivity index (χ3v) is 3.09. The van der Waals surface area contributed by atoms with Crippen LogP contribution in [0.5, 0.6) is 0 Å². The summed E-state index contributed by atoms with van der Waals surface area (Å²) in [6.45, 7) is 4.05. The van der Waals surface area contributed by atoms with E-state index in [2.05, 4.69) is 17.2 Å². The number of nitrogens with zero attached hydrogens (tertiary/aromatic N) is 2. The number of aryl methyl sites for hydroxylation is 1. The Morgan fingerprint density at radius 2 is 2.14 bits per heavy atom. The SMILES string of the molecule is CCCNCCCc1ncc(-c2ccccc2[N+](=O)[O-])o1. The maximum absolute atomic E-state index is 11.0. The highest BCUT2D eigenvalue weighted by Gasteiger charge is 2.17. The number of nitrogens with one attached hydrogen (secondary N) is 1. The maximum atomic E-state index is 11.0. The third kappa shape index (κ3) is 4.13. The highest BCUT2D eigenvalue weighted by molar-refractivity contribution is 5.68. The molecule has 0 aliphatic heterocycles. The van der Waals surface area contributed by atoms with Crippen LogP contribution in [0.1, 0.15) is 25.7 Å². The van der Waals surface area contributed by atoms with Gasteiger partial charge in [-0.1, -0.05) is 19.1 Å². The molecular weight excluding hydrogens is 270 g/mol. The first-order valence-electron chi connectivity index (χ1n) is 7.11. The molecule has 0 bridgehead atoms. The topological polar surface area (TPSA) is 81.2 Å². The molecule has 1 N–H and O–H groups in total. The van der Waals surface area contributed by atoms with Gasteiger partial charge in [0.15, 0.2) is 11.7 Å². The van der Waals surface area contributed by atoms with Gasteiger partial charge in [-0.05, 0) is 32.0 Å². The van der Waals surface area contributed by atoms with Crippen molar-refractivity contribution in [3.8, 4) is 11.3 Å². The quantitative estimate of drug-likeness (QED) is 0.458. The van der Waals surface area contributed by atoms with Gasteiger partial charge in [-0.25, -0.2) is 4.98 Å². The summed E-state index contributed by atoms with van der Waals surface area (Å²) >= 11 is 0. The number of hydrogen-bond donors (Lipinski definition) is 1. The molecule has 6 heteroatoms. The van der Waals surface area contributed by atoms with Crippen LogP contribution in [-0.4, -0.2) is 23.0 Å². The van der Waals surface area contributed by atoms with Crippen LogP contribution in [0.3, 0.4) is 0 Å². The van der Waals surface area contributed by atoms with E-state index in [9.17, 15) is 10.1 Å². The summed E-state index contributed by atoms with van der Waals surface area (Å²) in [6.07, 6.45) is 4.31. The van der Waals surface area contributed by atoms with Crippen LogP contribution in [0.4, 0.5) is 5.69 Å². The van der Waals surface area contributed by atoms with Gasteiger partial charge in [0.1, 0.15) is 0 Å². The Bertz CT molecular complexity index is 595. The average Bonchev–Trinajstić information content (AvgIpc) is 2.96. The first kappa shape index (κ1) is 15.2. The average molecular weight is 289 g/mol. The number of hydrogen-bond acceptors (Lipinski definition) is 5. The molecule has 0 amide bonds. The van der Waals surface area contributed by atoms with Crippen molar-refractivity contribution < 1.29 is 9.34 Å². The molecule has 0 saturated heterocycles. The summed E-state index contributed by atoms with van der Waals surface area (Å²) in [4.78, 5) is 14.8. The molecule has 0 aliphatic carbocycles. The molecule has 1 heterocycles. The Balaban J connectivity index is 2.01. The summed E-state index contributed by atoms with van der Waals surface area (Å²) in [5.41, 5.74) is 0.496. The fraction of sp³-hybridized carbons (Fsp3) is 0.400. The van der Waals surface area contributed by atoms with Crippen molar-refractivity contribution in [1.82, 2.24) is 10.3 Å². The first-order chi connectivity index (χ1) is 10.2. The number of para-hydroxylation sites is 1. The van der Waals surface area contributed by atoms with Gasteiger partial charge in [-0.2, -0.15) is 0 Å². The lowest BCUT2D eigenvalue weighted by atomic mass is 10.1. The number of rotatable bonds is 8. The van der Waals surface area contributed by atoms with E-state index in [1.54, 1.807) is 24.4 Å². The van der Waals surface area contributed by atoms with Gasteiger partial charge < -0.3 is 9.73 Å². The molecule has 0 fully saturated rings. The Labute approximate surface area is 123 Å². The number of nitro groups is 1. The van der Waals surface area contributed by atoms with E-state index in [1.807, 2.05) is 0 Å². The summed E-state index contributed by atoms with van der Waals surface area (Å²) in [6, 6.07) is 6.52. The van der Waals surface area contributed by atoms with Crippen molar-refractivity contribution in [3.05, 3.63) is 46.5 Å². The van der Waals surface area contributed by atoms with E-state index in [0.717, 1.165) is 32.4 Å². The molecule has 6 nitrogen and oxygen atoms in total. The van der Waals surface area contributed by atoms with Crippen LogP contribution in [-0.2, 0) is 6.42 Å². The van der Waals surface area contributed by atoms with Gasteiger partial charge in [0.05, 0.1) is 16.7 Å². The highest BCUT2D eigenvalue weighted by atomic mass is 16.6. The van der Waals surface area contributed by atoms with Crippen LogP contribution in [0.15, 0.2) is 34.9 Å². The second-order valence-corrected chi connectivity index (χ2v) is 4.75. The molecular formula is C15H19N3O3. The lowest BCUT2D eigenvalue weighted by Crippen LogP contribution is -2.16. The number of aromatic nitrogens is 1. The monoisotopic (exact) mass is 289 g/mol. The number of nitro benzene ring substituents is 1. The Morgan fingerprint density at radius 3 is 2.90 bits per heavy atom. The molecule has 1 aromatic carbocycles. The van der Waals surface area contributed by atoms with Crippen LogP contribution < -0.4 is 5.32 Å². The predicted octanol–water partition coefficient (Wildman–Crippen LogP) is 3.18. The maximum Gasteiger partial charge on any atom is 0.280 e. The van der Waals surface area contributed by atoms with Gasteiger partial charge in [-0.3, -0.25) is 10.1 Å². The fourth-order valence-corrected chi connectivity index (χ4v) is 2.06. The van der Waals surface area contributed by atoms with E-state index in [1.165, 1.54) is 6.07 Å². The summed E-state index contributed by atoms with van der Waals surface area (Å²) in [5, 5.41) is 14.3. The van der Waals surface area contributed by atoms with Gasteiger partial charge in [0.2, 0.25) is 0 Å². The molecule has 2 aromatic rings. The molecule has 1 aromatic heterocycles. The minimum Gasteiger partial charge on any atom is -0.440 e. The van der Waals surface area contributed by atoms with Crippen LogP contribution in [0.25, 0.3) is 11.3 Å². The second kappa shape index (κ2) is 7.54. The third-order valence-electron chi connectivity index (χ3n) is 3.09. The van der Waals surface area contributed by atoms with Crippen LogP contribution in [0, 0.1) is 10.1 Å². The van der Waals surface area contributed by atoms with Crippen molar-refractivity contribution >= 4 is 5.69 Å². The summed E-state index contributed by atoms with van der Waals surface area (Å²) in [5.74, 6) is 1.06. The lowest BCUT2D eigenvalue weighted by molar-refractivity contribution is -0.384. The molecule has 21 heavy (non-hydrogen) atoms. The van der Waals surface area contributed by atoms with Crippen molar-refractivity contribution in [2.75, 3.05) is 13.1 Å². The molecule has 0 unspecified atom stereocenters. The van der Waals surface area contributed by atoms with Crippen molar-refractivity contribution in [2.45, 2.75) is 26.2 Å². The zero-order chi connectivity index (χ0) is 15.1. The zero-order valence-electron chi connectivity index (χ0n) is 12.0. The van der Waals surface area contributed by atoms with Crippen LogP contribution >= 0.6 is 0 Å². The van der Waals surface area contributed by atoms with Crippen LogP contribution in [0.2, 0.25) is 0 Å². The van der Waals surface area contributed by atoms with Gasteiger partial charge in [-0.15, -0.1) is 0 Å². The minimum absolute atomic E-state index is 0.0322. The van der Waals surface area contributed by atoms with Gasteiger partial charge >= 0.3 is 0 Å². The molecule has 0 saturated carbocycles. The second-order valence-electron chi connectivity index (χ2n) is 4.75. The van der Waals surface area contributed by atoms with Crippen molar-refractivity contribution in [1.29, 1.82) is 0 Å². The Morgan fingerprint density at radius 1 is 1.33 bits per heavy atom. The molecule has 0 atom stereocenters. The Hall–Kier alpha value is -2.21. The smallest absolute Gasteiger partial charge is 0.280 e. The Kier molecular flexibility index (Phi) is 5.45. The number of oxazole rings is 1.